The number of hydrogen-bond donors (Lipinski definition) is 4. The Balaban J connectivity index is 4.62. The van der Waals surface area contributed by atoms with Crippen molar-refractivity contribution in [2.45, 2.75) is 0 Å². The van der Waals surface area contributed by atoms with Crippen LogP contribution in [0.4, 0.5) is 0 Å². The molecule has 5 heteroatoms. The van der Waals surface area contributed by atoms with Crippen molar-refractivity contribution in [2.24, 2.45) is 5.73 Å². The van der Waals surface area contributed by atoms with Crippen LogP contribution in [-0.4, -0.2) is 41.0 Å². The van der Waals surface area contributed by atoms with E-state index in [1.54, 1.807) is 0 Å². The summed E-state index contributed by atoms with van der Waals surface area (Å²) in [7, 11) is 0. The predicted octanol–water partition coefficient (Wildman–Crippen LogP) is -2.25. The van der Waals surface area contributed by atoms with Gasteiger partial charge < -0.3 is 21.1 Å². The molecule has 5 N–H and O–H groups in total. The van der Waals surface area contributed by atoms with E-state index in [9.17, 15) is 4.79 Å². The van der Waals surface area contributed by atoms with Gasteiger partial charge in [-0.05, 0) is 5.57 Å². The van der Waals surface area contributed by atoms with Gasteiger partial charge in [0.2, 0.25) is 5.91 Å². The van der Waals surface area contributed by atoms with Crippen LogP contribution in [0.5, 0.6) is 0 Å². The summed E-state index contributed by atoms with van der Waals surface area (Å²) in [4.78, 5) is 10.5. The minimum Gasteiger partial charge on any atom is -0.392 e. The van der Waals surface area contributed by atoms with Crippen LogP contribution in [0.25, 0.3) is 0 Å². The number of carbonyl (C=O) groups is 1. The molecule has 0 unspecified atom stereocenters. The lowest BCUT2D eigenvalue weighted by molar-refractivity contribution is -0.115. The Bertz CT molecular complexity index is 169. The number of aliphatic hydroxyl groups is 3. The molecule has 0 radical (unpaired) electrons. The average Bonchev–Trinajstić information content (AvgIpc) is 1.99. The maximum absolute atomic E-state index is 10.5. The molecular formula is C6H11NO4. The minimum atomic E-state index is -0.828. The maximum atomic E-state index is 10.5. The summed E-state index contributed by atoms with van der Waals surface area (Å²) in [5.41, 5.74) is 4.75. The van der Waals surface area contributed by atoms with Crippen molar-refractivity contribution in [3.63, 3.8) is 0 Å². The molecule has 5 nitrogen and oxygen atoms in total. The monoisotopic (exact) mass is 161 g/mol. The summed E-state index contributed by atoms with van der Waals surface area (Å²) in [6.45, 7) is -1.52. The first-order chi connectivity index (χ1) is 5.17. The number of aliphatic hydroxyl groups excluding tert-OH is 3. The van der Waals surface area contributed by atoms with E-state index in [0.29, 0.717) is 0 Å². The Hall–Kier alpha value is -0.910. The van der Waals surface area contributed by atoms with Crippen LogP contribution >= 0.6 is 0 Å². The van der Waals surface area contributed by atoms with E-state index in [2.05, 4.69) is 0 Å². The van der Waals surface area contributed by atoms with E-state index in [1.807, 2.05) is 0 Å². The molecule has 0 rings (SSSR count). The van der Waals surface area contributed by atoms with Crippen molar-refractivity contribution in [3.8, 4) is 0 Å². The molecule has 0 saturated carbocycles. The maximum Gasteiger partial charge on any atom is 0.247 e. The van der Waals surface area contributed by atoms with Crippen LogP contribution in [0.3, 0.4) is 0 Å². The molecule has 0 heterocycles. The van der Waals surface area contributed by atoms with E-state index in [0.717, 1.165) is 0 Å². The van der Waals surface area contributed by atoms with Crippen LogP contribution in [0.1, 0.15) is 0 Å². The lowest BCUT2D eigenvalue weighted by atomic mass is 10.1. The van der Waals surface area contributed by atoms with Gasteiger partial charge in [0.25, 0.3) is 0 Å². The zero-order chi connectivity index (χ0) is 8.85. The van der Waals surface area contributed by atoms with Crippen molar-refractivity contribution in [2.75, 3.05) is 19.8 Å². The highest BCUT2D eigenvalue weighted by molar-refractivity contribution is 5.93. The zero-order valence-electron chi connectivity index (χ0n) is 5.95. The lowest BCUT2D eigenvalue weighted by Gasteiger charge is -2.04. The van der Waals surface area contributed by atoms with Crippen molar-refractivity contribution in [3.05, 3.63) is 11.1 Å². The van der Waals surface area contributed by atoms with Crippen molar-refractivity contribution in [1.29, 1.82) is 0 Å². The number of amides is 1. The molecule has 0 saturated heterocycles. The van der Waals surface area contributed by atoms with Crippen LogP contribution in [0.2, 0.25) is 0 Å². The number of rotatable bonds is 4. The topological polar surface area (TPSA) is 104 Å². The van der Waals surface area contributed by atoms with Crippen LogP contribution in [0.15, 0.2) is 11.1 Å². The Kier molecular flexibility index (Phi) is 4.44. The molecule has 0 fully saturated rings. The molecule has 0 aromatic carbocycles. The van der Waals surface area contributed by atoms with E-state index >= 15 is 0 Å². The fourth-order valence-corrected chi connectivity index (χ4v) is 0.605. The second kappa shape index (κ2) is 4.84. The fourth-order valence-electron chi connectivity index (χ4n) is 0.605. The summed E-state index contributed by atoms with van der Waals surface area (Å²) in [6, 6.07) is 0. The molecular weight excluding hydrogens is 150 g/mol. The van der Waals surface area contributed by atoms with Crippen LogP contribution < -0.4 is 5.73 Å². The van der Waals surface area contributed by atoms with Crippen LogP contribution in [0, 0.1) is 0 Å². The van der Waals surface area contributed by atoms with E-state index in [4.69, 9.17) is 21.1 Å². The Labute approximate surface area is 63.8 Å². The Morgan fingerprint density at radius 1 is 1.09 bits per heavy atom. The minimum absolute atomic E-state index is 0.0556. The third kappa shape index (κ3) is 2.67. The van der Waals surface area contributed by atoms with E-state index in [1.165, 1.54) is 0 Å². The van der Waals surface area contributed by atoms with Gasteiger partial charge in [-0.15, -0.1) is 0 Å². The number of nitrogens with two attached hydrogens (primary N) is 1. The highest BCUT2D eigenvalue weighted by Crippen LogP contribution is 2.01. The summed E-state index contributed by atoms with van der Waals surface area (Å²) >= 11 is 0. The molecule has 0 aliphatic rings. The van der Waals surface area contributed by atoms with Crippen molar-refractivity contribution in [1.82, 2.24) is 0 Å². The van der Waals surface area contributed by atoms with Gasteiger partial charge in [-0.25, -0.2) is 0 Å². The molecule has 0 bridgehead atoms. The molecule has 1 amide bonds. The Morgan fingerprint density at radius 3 is 1.64 bits per heavy atom. The van der Waals surface area contributed by atoms with Gasteiger partial charge in [0.05, 0.1) is 19.8 Å². The van der Waals surface area contributed by atoms with Crippen molar-refractivity contribution < 1.29 is 20.1 Å². The van der Waals surface area contributed by atoms with Gasteiger partial charge in [-0.3, -0.25) is 4.79 Å². The molecule has 0 aliphatic heterocycles. The molecule has 0 atom stereocenters. The van der Waals surface area contributed by atoms with Gasteiger partial charge in [0.15, 0.2) is 0 Å². The second-order valence-electron chi connectivity index (χ2n) is 1.92. The first-order valence-electron chi connectivity index (χ1n) is 3.00. The second-order valence-corrected chi connectivity index (χ2v) is 1.92. The molecule has 0 aromatic rings. The van der Waals surface area contributed by atoms with Gasteiger partial charge in [-0.1, -0.05) is 0 Å². The highest BCUT2D eigenvalue weighted by atomic mass is 16.3. The SMILES string of the molecule is NC(=O)C(CO)=C(CO)CO. The third-order valence-corrected chi connectivity index (χ3v) is 1.26. The standard InChI is InChI=1S/C6H11NO4/c7-6(11)5(3-10)4(1-8)2-9/h8-10H,1-3H2,(H2,7,11). The molecule has 64 valence electrons. The molecule has 11 heavy (non-hydrogen) atoms. The normalized spacial score (nSPS) is 9.36. The third-order valence-electron chi connectivity index (χ3n) is 1.26. The van der Waals surface area contributed by atoms with Gasteiger partial charge in [0.1, 0.15) is 0 Å². The first-order valence-corrected chi connectivity index (χ1v) is 3.00. The predicted molar refractivity (Wildman–Crippen MR) is 37.5 cm³/mol. The molecule has 0 aromatic heterocycles. The molecule has 0 aliphatic carbocycles. The van der Waals surface area contributed by atoms with Gasteiger partial charge >= 0.3 is 0 Å². The van der Waals surface area contributed by atoms with Crippen LogP contribution in [-0.2, 0) is 4.79 Å². The lowest BCUT2D eigenvalue weighted by Crippen LogP contribution is -2.20. The van der Waals surface area contributed by atoms with Crippen molar-refractivity contribution >= 4 is 5.91 Å². The summed E-state index contributed by atoms with van der Waals surface area (Å²) in [6.07, 6.45) is 0. The number of carbonyl (C=O) groups excluding carboxylic acids is 1. The number of primary amides is 1. The van der Waals surface area contributed by atoms with Gasteiger partial charge in [-0.2, -0.15) is 0 Å². The largest absolute Gasteiger partial charge is 0.392 e. The summed E-state index contributed by atoms with van der Waals surface area (Å²) < 4.78 is 0. The first kappa shape index (κ1) is 10.1. The zero-order valence-corrected chi connectivity index (χ0v) is 5.95. The average molecular weight is 161 g/mol. The summed E-state index contributed by atoms with van der Waals surface area (Å²) in [5.74, 6) is -0.828. The summed E-state index contributed by atoms with van der Waals surface area (Å²) in [5, 5.41) is 25.6. The van der Waals surface area contributed by atoms with E-state index in [-0.39, 0.29) is 11.1 Å². The Morgan fingerprint density at radius 2 is 1.55 bits per heavy atom. The fraction of sp³-hybridized carbons (Fsp3) is 0.500. The van der Waals surface area contributed by atoms with E-state index < -0.39 is 25.7 Å². The highest BCUT2D eigenvalue weighted by Gasteiger charge is 2.09. The number of hydrogen-bond acceptors (Lipinski definition) is 4. The van der Waals surface area contributed by atoms with Gasteiger partial charge in [0, 0.05) is 5.57 Å². The molecule has 0 spiro atoms. The smallest absolute Gasteiger partial charge is 0.247 e. The quantitative estimate of drug-likeness (QED) is 0.349.